The Kier molecular flexibility index (Phi) is 10.2. The van der Waals surface area contributed by atoms with E-state index in [2.05, 4.69) is 82.9 Å². The summed E-state index contributed by atoms with van der Waals surface area (Å²) in [5, 5.41) is 7.82. The first-order chi connectivity index (χ1) is 11.9. The lowest BCUT2D eigenvalue weighted by atomic mass is 10.2. The lowest BCUT2D eigenvalue weighted by Crippen LogP contribution is -2.14. The third kappa shape index (κ3) is 9.02. The fourth-order valence-corrected chi connectivity index (χ4v) is 3.43. The van der Waals surface area contributed by atoms with Gasteiger partial charge in [-0.15, -0.1) is 0 Å². The molecule has 0 fully saturated rings. The molecule has 0 spiro atoms. The zero-order chi connectivity index (χ0) is 16.7. The van der Waals surface area contributed by atoms with Gasteiger partial charge in [-0.2, -0.15) is 0 Å². The van der Waals surface area contributed by atoms with Crippen molar-refractivity contribution in [2.75, 3.05) is 13.1 Å². The van der Waals surface area contributed by atoms with Crippen molar-refractivity contribution >= 4 is 23.5 Å². The summed E-state index contributed by atoms with van der Waals surface area (Å²) in [5.41, 5.74) is 0. The molecular weight excluding hydrogens is 330 g/mol. The molecule has 1 nitrogen and oxygen atoms in total. The number of hydrogen-bond donors (Lipinski definition) is 1. The van der Waals surface area contributed by atoms with Gasteiger partial charge in [0.15, 0.2) is 0 Å². The van der Waals surface area contributed by atoms with Crippen molar-refractivity contribution in [3.8, 4) is 0 Å². The highest BCUT2D eigenvalue weighted by molar-refractivity contribution is 8.02. The van der Waals surface area contributed by atoms with Crippen molar-refractivity contribution in [3.63, 3.8) is 0 Å². The number of unbranched alkanes of at least 4 members (excludes halogenated alkanes) is 2. The van der Waals surface area contributed by atoms with E-state index in [1.807, 2.05) is 6.07 Å². The first-order valence-corrected chi connectivity index (χ1v) is 10.2. The molecule has 2 aromatic rings. The van der Waals surface area contributed by atoms with Crippen LogP contribution < -0.4 is 5.32 Å². The Labute approximate surface area is 154 Å². The van der Waals surface area contributed by atoms with Crippen LogP contribution in [-0.4, -0.2) is 13.1 Å². The minimum absolute atomic E-state index is 0.944. The maximum absolute atomic E-state index is 3.46. The Morgan fingerprint density at radius 3 is 1.92 bits per heavy atom. The van der Waals surface area contributed by atoms with Crippen LogP contribution in [0.1, 0.15) is 19.3 Å². The summed E-state index contributed by atoms with van der Waals surface area (Å²) in [6.07, 6.45) is 8.07. The standard InChI is InChI=1S/C21H25NS2/c1(2-10-18-23-20-12-5-3-6-13-20)9-16-22-17-11-19-24-21-14-7-4-8-15-21/h3-8,10-15,18-19,22H,1-2,9,16-17H2. The molecule has 126 valence electrons. The molecule has 2 aromatic carbocycles. The van der Waals surface area contributed by atoms with E-state index in [9.17, 15) is 0 Å². The minimum Gasteiger partial charge on any atom is -0.313 e. The van der Waals surface area contributed by atoms with Crippen LogP contribution >= 0.6 is 23.5 Å². The maximum Gasteiger partial charge on any atom is 0.0143 e. The molecule has 0 heterocycles. The second-order valence-electron chi connectivity index (χ2n) is 5.31. The summed E-state index contributed by atoms with van der Waals surface area (Å²) in [4.78, 5) is 2.59. The van der Waals surface area contributed by atoms with Gasteiger partial charge in [0.05, 0.1) is 0 Å². The van der Waals surface area contributed by atoms with Gasteiger partial charge in [0.1, 0.15) is 0 Å². The zero-order valence-corrected chi connectivity index (χ0v) is 15.6. The predicted octanol–water partition coefficient (Wildman–Crippen LogP) is 6.36. The summed E-state index contributed by atoms with van der Waals surface area (Å²) in [6, 6.07) is 20.9. The molecule has 24 heavy (non-hydrogen) atoms. The Morgan fingerprint density at radius 1 is 0.708 bits per heavy atom. The SMILES string of the molecule is C(=CSc1ccccc1)CCCCNCC=CSc1ccccc1. The Balaban J connectivity index is 1.41. The summed E-state index contributed by atoms with van der Waals surface area (Å²) in [5.74, 6) is 0. The van der Waals surface area contributed by atoms with Gasteiger partial charge in [0.2, 0.25) is 0 Å². The van der Waals surface area contributed by atoms with Crippen LogP contribution in [0.4, 0.5) is 0 Å². The summed E-state index contributed by atoms with van der Waals surface area (Å²) < 4.78 is 0. The van der Waals surface area contributed by atoms with Crippen LogP contribution in [0.25, 0.3) is 0 Å². The molecule has 0 atom stereocenters. The highest BCUT2D eigenvalue weighted by atomic mass is 32.2. The second-order valence-corrected chi connectivity index (χ2v) is 7.26. The molecule has 0 aliphatic carbocycles. The third-order valence-corrected chi connectivity index (χ3v) is 5.07. The van der Waals surface area contributed by atoms with Gasteiger partial charge in [-0.25, -0.2) is 0 Å². The number of thioether (sulfide) groups is 2. The molecule has 0 amide bonds. The van der Waals surface area contributed by atoms with E-state index in [0.29, 0.717) is 0 Å². The molecule has 0 aromatic heterocycles. The monoisotopic (exact) mass is 355 g/mol. The number of allylic oxidation sites excluding steroid dienone is 1. The Bertz CT molecular complexity index is 538. The van der Waals surface area contributed by atoms with Crippen molar-refractivity contribution in [2.45, 2.75) is 29.1 Å². The molecule has 0 aliphatic rings. The molecular formula is C21H25NS2. The van der Waals surface area contributed by atoms with Crippen molar-refractivity contribution in [2.24, 2.45) is 0 Å². The van der Waals surface area contributed by atoms with E-state index in [0.717, 1.165) is 19.5 Å². The summed E-state index contributed by atoms with van der Waals surface area (Å²) in [6.45, 7) is 2.03. The van der Waals surface area contributed by atoms with Crippen molar-refractivity contribution in [3.05, 3.63) is 83.6 Å². The maximum atomic E-state index is 3.46. The second kappa shape index (κ2) is 12.9. The number of benzene rings is 2. The van der Waals surface area contributed by atoms with Crippen LogP contribution in [0.15, 0.2) is 93.4 Å². The average molecular weight is 356 g/mol. The van der Waals surface area contributed by atoms with E-state index in [1.165, 1.54) is 22.6 Å². The Morgan fingerprint density at radius 2 is 1.29 bits per heavy atom. The van der Waals surface area contributed by atoms with Gasteiger partial charge in [-0.05, 0) is 60.9 Å². The minimum atomic E-state index is 0.944. The fraction of sp³-hybridized carbons (Fsp3) is 0.238. The van der Waals surface area contributed by atoms with E-state index in [4.69, 9.17) is 0 Å². The van der Waals surface area contributed by atoms with Crippen molar-refractivity contribution in [1.82, 2.24) is 5.32 Å². The lowest BCUT2D eigenvalue weighted by molar-refractivity contribution is 0.661. The number of hydrogen-bond acceptors (Lipinski definition) is 3. The van der Waals surface area contributed by atoms with E-state index in [-0.39, 0.29) is 0 Å². The highest BCUT2D eigenvalue weighted by Crippen LogP contribution is 2.18. The molecule has 2 rings (SSSR count). The molecule has 0 saturated heterocycles. The average Bonchev–Trinajstić information content (AvgIpc) is 2.64. The van der Waals surface area contributed by atoms with Crippen molar-refractivity contribution in [1.29, 1.82) is 0 Å². The topological polar surface area (TPSA) is 12.0 Å². The molecule has 0 aliphatic heterocycles. The van der Waals surface area contributed by atoms with Gasteiger partial charge in [0, 0.05) is 16.3 Å². The highest BCUT2D eigenvalue weighted by Gasteiger charge is 1.89. The number of rotatable bonds is 11. The molecule has 0 bridgehead atoms. The molecule has 0 unspecified atom stereocenters. The van der Waals surface area contributed by atoms with Crippen LogP contribution in [0.2, 0.25) is 0 Å². The normalized spacial score (nSPS) is 11.5. The van der Waals surface area contributed by atoms with Crippen LogP contribution in [0.3, 0.4) is 0 Å². The van der Waals surface area contributed by atoms with Gasteiger partial charge >= 0.3 is 0 Å². The number of nitrogens with one attached hydrogen (secondary N) is 1. The van der Waals surface area contributed by atoms with E-state index in [1.54, 1.807) is 23.5 Å². The smallest absolute Gasteiger partial charge is 0.0143 e. The van der Waals surface area contributed by atoms with Crippen LogP contribution in [0, 0.1) is 0 Å². The van der Waals surface area contributed by atoms with Crippen molar-refractivity contribution < 1.29 is 0 Å². The van der Waals surface area contributed by atoms with Gasteiger partial charge in [0.25, 0.3) is 0 Å². The summed E-state index contributed by atoms with van der Waals surface area (Å²) in [7, 11) is 0. The molecule has 0 radical (unpaired) electrons. The van der Waals surface area contributed by atoms with E-state index >= 15 is 0 Å². The third-order valence-electron chi connectivity index (χ3n) is 3.32. The predicted molar refractivity (Wildman–Crippen MR) is 110 cm³/mol. The van der Waals surface area contributed by atoms with Gasteiger partial charge in [-0.1, -0.05) is 72.1 Å². The largest absolute Gasteiger partial charge is 0.313 e. The molecule has 1 N–H and O–H groups in total. The van der Waals surface area contributed by atoms with Gasteiger partial charge < -0.3 is 5.32 Å². The molecule has 0 saturated carbocycles. The zero-order valence-electron chi connectivity index (χ0n) is 13.9. The van der Waals surface area contributed by atoms with Crippen LogP contribution in [-0.2, 0) is 0 Å². The molecule has 3 heteroatoms. The summed E-state index contributed by atoms with van der Waals surface area (Å²) >= 11 is 3.55. The van der Waals surface area contributed by atoms with Crippen LogP contribution in [0.5, 0.6) is 0 Å². The first-order valence-electron chi connectivity index (χ1n) is 8.39. The van der Waals surface area contributed by atoms with E-state index < -0.39 is 0 Å². The Hall–Kier alpha value is -1.42. The quantitative estimate of drug-likeness (QED) is 0.372. The lowest BCUT2D eigenvalue weighted by Gasteiger charge is -2.00. The fourth-order valence-electron chi connectivity index (χ4n) is 2.07. The van der Waals surface area contributed by atoms with Gasteiger partial charge in [-0.3, -0.25) is 0 Å². The first kappa shape index (κ1) is 18.9.